The molecular formula is C19H22Cl2N2O3. The van der Waals surface area contributed by atoms with E-state index in [0.29, 0.717) is 42.5 Å². The van der Waals surface area contributed by atoms with Crippen LogP contribution in [0.3, 0.4) is 0 Å². The predicted octanol–water partition coefficient (Wildman–Crippen LogP) is 3.30. The van der Waals surface area contributed by atoms with E-state index in [-0.39, 0.29) is 5.91 Å². The number of carbonyl (C=O) groups is 2. The molecule has 140 valence electrons. The summed E-state index contributed by atoms with van der Waals surface area (Å²) in [6, 6.07) is 5.49. The van der Waals surface area contributed by atoms with Crippen LogP contribution in [0, 0.1) is 11.8 Å². The van der Waals surface area contributed by atoms with Crippen LogP contribution in [0.5, 0.6) is 0 Å². The maximum absolute atomic E-state index is 12.8. The van der Waals surface area contributed by atoms with Crippen molar-refractivity contribution in [2.45, 2.75) is 19.4 Å². The normalized spacial score (nSPS) is 23.8. The van der Waals surface area contributed by atoms with Gasteiger partial charge >= 0.3 is 5.97 Å². The lowest BCUT2D eigenvalue weighted by Gasteiger charge is -2.37. The molecule has 1 aliphatic carbocycles. The lowest BCUT2D eigenvalue weighted by molar-refractivity contribution is -0.151. The van der Waals surface area contributed by atoms with Crippen molar-refractivity contribution in [1.82, 2.24) is 9.80 Å². The number of amides is 1. The Kier molecular flexibility index (Phi) is 6.22. The minimum atomic E-state index is -0.885. The smallest absolute Gasteiger partial charge is 0.307 e. The topological polar surface area (TPSA) is 60.9 Å². The van der Waals surface area contributed by atoms with E-state index in [2.05, 4.69) is 4.90 Å². The van der Waals surface area contributed by atoms with Gasteiger partial charge in [0.15, 0.2) is 0 Å². The number of aliphatic carboxylic acids is 1. The minimum Gasteiger partial charge on any atom is -0.481 e. The quantitative estimate of drug-likeness (QED) is 0.793. The number of nitrogens with zero attached hydrogens (tertiary/aromatic N) is 2. The van der Waals surface area contributed by atoms with Crippen molar-refractivity contribution in [3.63, 3.8) is 0 Å². The molecule has 0 radical (unpaired) electrons. The van der Waals surface area contributed by atoms with E-state index in [0.717, 1.165) is 18.7 Å². The molecule has 2 atom stereocenters. The second-order valence-corrected chi connectivity index (χ2v) is 7.67. The molecule has 0 aromatic heterocycles. The number of hydrogen-bond donors (Lipinski definition) is 1. The third-order valence-corrected chi connectivity index (χ3v) is 5.75. The van der Waals surface area contributed by atoms with Crippen molar-refractivity contribution < 1.29 is 14.7 Å². The van der Waals surface area contributed by atoms with Gasteiger partial charge in [-0.15, -0.1) is 0 Å². The van der Waals surface area contributed by atoms with Crippen LogP contribution >= 0.6 is 23.2 Å². The molecule has 0 bridgehead atoms. The van der Waals surface area contributed by atoms with Gasteiger partial charge in [-0.05, 0) is 30.5 Å². The fraction of sp³-hybridized carbons (Fsp3) is 0.474. The van der Waals surface area contributed by atoms with E-state index in [1.54, 1.807) is 11.0 Å². The molecule has 1 aliphatic heterocycles. The summed E-state index contributed by atoms with van der Waals surface area (Å²) < 4.78 is 0. The predicted molar refractivity (Wildman–Crippen MR) is 101 cm³/mol. The van der Waals surface area contributed by atoms with Crippen LogP contribution < -0.4 is 0 Å². The van der Waals surface area contributed by atoms with Gasteiger partial charge < -0.3 is 10.0 Å². The summed E-state index contributed by atoms with van der Waals surface area (Å²) in [7, 11) is 0. The number of carbonyl (C=O) groups excluding carboxylic acids is 1. The van der Waals surface area contributed by atoms with E-state index < -0.39 is 17.8 Å². The zero-order valence-electron chi connectivity index (χ0n) is 14.4. The zero-order valence-corrected chi connectivity index (χ0v) is 15.9. The Morgan fingerprint density at radius 2 is 1.69 bits per heavy atom. The minimum absolute atomic E-state index is 0.0362. The summed E-state index contributed by atoms with van der Waals surface area (Å²) in [5.74, 6) is -1.98. The first-order chi connectivity index (χ1) is 12.5. The van der Waals surface area contributed by atoms with Gasteiger partial charge in [-0.25, -0.2) is 0 Å². The number of piperazine rings is 1. The molecule has 2 aliphatic rings. The van der Waals surface area contributed by atoms with E-state index in [4.69, 9.17) is 23.2 Å². The molecule has 0 spiro atoms. The van der Waals surface area contributed by atoms with Crippen molar-refractivity contribution in [3.8, 4) is 0 Å². The molecule has 3 rings (SSSR count). The molecule has 26 heavy (non-hydrogen) atoms. The van der Waals surface area contributed by atoms with Gasteiger partial charge in [0.1, 0.15) is 0 Å². The highest BCUT2D eigenvalue weighted by atomic mass is 35.5. The maximum atomic E-state index is 12.8. The van der Waals surface area contributed by atoms with Crippen LogP contribution in [0.25, 0.3) is 0 Å². The van der Waals surface area contributed by atoms with Crippen molar-refractivity contribution in [1.29, 1.82) is 0 Å². The molecule has 1 saturated heterocycles. The number of allylic oxidation sites excluding steroid dienone is 2. The van der Waals surface area contributed by atoms with Crippen LogP contribution in [0.4, 0.5) is 0 Å². The van der Waals surface area contributed by atoms with Crippen LogP contribution in [0.15, 0.2) is 30.4 Å². The summed E-state index contributed by atoms with van der Waals surface area (Å²) in [6.45, 7) is 3.41. The van der Waals surface area contributed by atoms with Crippen molar-refractivity contribution in [2.75, 3.05) is 26.2 Å². The number of rotatable bonds is 4. The molecular weight excluding hydrogens is 375 g/mol. The third kappa shape index (κ3) is 4.40. The Bertz CT molecular complexity index is 715. The fourth-order valence-corrected chi connectivity index (χ4v) is 4.08. The first-order valence-electron chi connectivity index (χ1n) is 8.78. The van der Waals surface area contributed by atoms with Gasteiger partial charge in [0.25, 0.3) is 0 Å². The lowest BCUT2D eigenvalue weighted by Crippen LogP contribution is -2.51. The molecule has 1 aromatic rings. The fourth-order valence-electron chi connectivity index (χ4n) is 3.61. The highest BCUT2D eigenvalue weighted by Gasteiger charge is 2.37. The van der Waals surface area contributed by atoms with Gasteiger partial charge in [0, 0.05) is 42.8 Å². The van der Waals surface area contributed by atoms with Gasteiger partial charge in [0.2, 0.25) is 5.91 Å². The first kappa shape index (κ1) is 19.2. The van der Waals surface area contributed by atoms with E-state index in [1.807, 2.05) is 24.3 Å². The second-order valence-electron chi connectivity index (χ2n) is 6.83. The molecule has 1 N–H and O–H groups in total. The van der Waals surface area contributed by atoms with Crippen molar-refractivity contribution in [2.24, 2.45) is 11.8 Å². The lowest BCUT2D eigenvalue weighted by atomic mass is 9.82. The van der Waals surface area contributed by atoms with Crippen LogP contribution in [-0.2, 0) is 16.1 Å². The SMILES string of the molecule is O=C(O)[C@@H]1CC=CC[C@H]1C(=O)N1CCN(Cc2ccc(Cl)cc2Cl)CC1. The number of carboxylic acids is 1. The monoisotopic (exact) mass is 396 g/mol. The Morgan fingerprint density at radius 1 is 1.04 bits per heavy atom. The van der Waals surface area contributed by atoms with Gasteiger partial charge in [-0.1, -0.05) is 41.4 Å². The number of halogens is 2. The Morgan fingerprint density at radius 3 is 2.31 bits per heavy atom. The second kappa shape index (κ2) is 8.42. The summed E-state index contributed by atoms with van der Waals surface area (Å²) >= 11 is 12.2. The van der Waals surface area contributed by atoms with Crippen LogP contribution in [-0.4, -0.2) is 53.0 Å². The van der Waals surface area contributed by atoms with E-state index in [9.17, 15) is 14.7 Å². The summed E-state index contributed by atoms with van der Waals surface area (Å²) in [5, 5.41) is 10.6. The molecule has 1 amide bonds. The molecule has 5 nitrogen and oxygen atoms in total. The Balaban J connectivity index is 1.57. The third-order valence-electron chi connectivity index (χ3n) is 5.16. The van der Waals surface area contributed by atoms with E-state index >= 15 is 0 Å². The van der Waals surface area contributed by atoms with Crippen molar-refractivity contribution in [3.05, 3.63) is 46.0 Å². The largest absolute Gasteiger partial charge is 0.481 e. The summed E-state index contributed by atoms with van der Waals surface area (Å²) in [6.07, 6.45) is 4.72. The highest BCUT2D eigenvalue weighted by molar-refractivity contribution is 6.35. The Labute approximate surface area is 163 Å². The number of carboxylic acid groups (broad SMARTS) is 1. The zero-order chi connectivity index (χ0) is 18.7. The maximum Gasteiger partial charge on any atom is 0.307 e. The molecule has 1 aromatic carbocycles. The standard InChI is InChI=1S/C19H22Cl2N2O3/c20-14-6-5-13(17(21)11-14)12-22-7-9-23(10-8-22)18(24)15-3-1-2-4-16(15)19(25)26/h1-2,5-6,11,15-16H,3-4,7-10,12H2,(H,25,26)/t15-,16-/m1/s1. The number of hydrogen-bond acceptors (Lipinski definition) is 3. The molecule has 1 fully saturated rings. The van der Waals surface area contributed by atoms with Gasteiger partial charge in [0.05, 0.1) is 11.8 Å². The molecule has 0 unspecified atom stereocenters. The summed E-state index contributed by atoms with van der Waals surface area (Å²) in [4.78, 5) is 28.3. The van der Waals surface area contributed by atoms with Crippen LogP contribution in [0.2, 0.25) is 10.0 Å². The van der Waals surface area contributed by atoms with Crippen LogP contribution in [0.1, 0.15) is 18.4 Å². The number of benzene rings is 1. The first-order valence-corrected chi connectivity index (χ1v) is 9.54. The van der Waals surface area contributed by atoms with Gasteiger partial charge in [-0.2, -0.15) is 0 Å². The molecule has 7 heteroatoms. The highest BCUT2D eigenvalue weighted by Crippen LogP contribution is 2.28. The van der Waals surface area contributed by atoms with E-state index in [1.165, 1.54) is 0 Å². The van der Waals surface area contributed by atoms with Crippen molar-refractivity contribution >= 4 is 35.1 Å². The van der Waals surface area contributed by atoms with Gasteiger partial charge in [-0.3, -0.25) is 14.5 Å². The Hall–Kier alpha value is -1.56. The molecule has 0 saturated carbocycles. The molecule has 1 heterocycles. The average molecular weight is 397 g/mol. The average Bonchev–Trinajstić information content (AvgIpc) is 2.64. The summed E-state index contributed by atoms with van der Waals surface area (Å²) in [5.41, 5.74) is 1.01.